The molecular formula is C19H23N3O2S. The number of methoxy groups -OCH3 is 2. The number of ether oxygens (including phenoxy) is 2. The molecule has 0 atom stereocenters. The molecule has 1 aromatic carbocycles. The van der Waals surface area contributed by atoms with Crippen molar-refractivity contribution in [3.8, 4) is 22.8 Å². The Hall–Kier alpha value is -2.31. The Morgan fingerprint density at radius 2 is 2.00 bits per heavy atom. The Labute approximate surface area is 152 Å². The Morgan fingerprint density at radius 3 is 2.68 bits per heavy atom. The van der Waals surface area contributed by atoms with Crippen molar-refractivity contribution in [2.24, 2.45) is 0 Å². The Kier molecular flexibility index (Phi) is 5.40. The molecular weight excluding hydrogens is 334 g/mol. The standard InChI is InChI=1S/C19H23N3O2S/c1-13-7-8-25-18(13)12-22(2)11-14-10-20-21-19(14)16-6-5-15(23-3)9-17(16)24-4/h5-10H,11-12H2,1-4H3,(H,20,21). The summed E-state index contributed by atoms with van der Waals surface area (Å²) in [5, 5.41) is 9.51. The number of rotatable bonds is 7. The molecule has 3 rings (SSSR count). The van der Waals surface area contributed by atoms with Gasteiger partial charge < -0.3 is 9.47 Å². The number of hydrogen-bond donors (Lipinski definition) is 1. The number of hydrogen-bond acceptors (Lipinski definition) is 5. The van der Waals surface area contributed by atoms with Gasteiger partial charge in [0.2, 0.25) is 0 Å². The second kappa shape index (κ2) is 7.72. The highest BCUT2D eigenvalue weighted by molar-refractivity contribution is 7.10. The quantitative estimate of drug-likeness (QED) is 0.692. The van der Waals surface area contributed by atoms with Crippen molar-refractivity contribution in [3.63, 3.8) is 0 Å². The van der Waals surface area contributed by atoms with Crippen molar-refractivity contribution < 1.29 is 9.47 Å². The highest BCUT2D eigenvalue weighted by Gasteiger charge is 2.15. The average molecular weight is 357 g/mol. The molecule has 1 N–H and O–H groups in total. The molecule has 0 saturated carbocycles. The second-order valence-electron chi connectivity index (χ2n) is 6.04. The molecule has 0 aliphatic heterocycles. The Bertz CT molecular complexity index is 841. The van der Waals surface area contributed by atoms with Gasteiger partial charge in [-0.1, -0.05) is 0 Å². The maximum Gasteiger partial charge on any atom is 0.131 e. The Balaban J connectivity index is 1.82. The van der Waals surface area contributed by atoms with Gasteiger partial charge in [0.15, 0.2) is 0 Å². The van der Waals surface area contributed by atoms with Crippen LogP contribution in [0.4, 0.5) is 0 Å². The molecule has 5 nitrogen and oxygen atoms in total. The molecule has 0 spiro atoms. The van der Waals surface area contributed by atoms with Crippen molar-refractivity contribution in [1.82, 2.24) is 15.1 Å². The first-order chi connectivity index (χ1) is 12.1. The number of aryl methyl sites for hydroxylation is 1. The van der Waals surface area contributed by atoms with Crippen molar-refractivity contribution >= 4 is 11.3 Å². The molecule has 0 aliphatic rings. The minimum atomic E-state index is 0.765. The highest BCUT2D eigenvalue weighted by atomic mass is 32.1. The van der Waals surface area contributed by atoms with E-state index in [1.807, 2.05) is 24.4 Å². The van der Waals surface area contributed by atoms with E-state index in [1.54, 1.807) is 25.6 Å². The van der Waals surface area contributed by atoms with Gasteiger partial charge in [0.1, 0.15) is 11.5 Å². The topological polar surface area (TPSA) is 50.4 Å². The van der Waals surface area contributed by atoms with Crippen molar-refractivity contribution in [3.05, 3.63) is 51.8 Å². The minimum Gasteiger partial charge on any atom is -0.497 e. The molecule has 0 amide bonds. The first kappa shape index (κ1) is 17.5. The molecule has 3 aromatic rings. The lowest BCUT2D eigenvalue weighted by atomic mass is 10.1. The lowest BCUT2D eigenvalue weighted by molar-refractivity contribution is 0.322. The third kappa shape index (κ3) is 3.86. The van der Waals surface area contributed by atoms with E-state index in [1.165, 1.54) is 10.4 Å². The van der Waals surface area contributed by atoms with Gasteiger partial charge in [0, 0.05) is 35.2 Å². The summed E-state index contributed by atoms with van der Waals surface area (Å²) in [6.07, 6.45) is 1.89. The van der Waals surface area contributed by atoms with Gasteiger partial charge in [-0.2, -0.15) is 5.10 Å². The van der Waals surface area contributed by atoms with Crippen LogP contribution in [0.15, 0.2) is 35.8 Å². The van der Waals surface area contributed by atoms with Crippen LogP contribution >= 0.6 is 11.3 Å². The van der Waals surface area contributed by atoms with E-state index < -0.39 is 0 Å². The zero-order chi connectivity index (χ0) is 17.8. The van der Waals surface area contributed by atoms with E-state index in [0.29, 0.717) is 0 Å². The number of aromatic amines is 1. The number of thiophene rings is 1. The van der Waals surface area contributed by atoms with Crippen LogP contribution in [-0.2, 0) is 13.1 Å². The van der Waals surface area contributed by atoms with Gasteiger partial charge in [-0.25, -0.2) is 0 Å². The third-order valence-corrected chi connectivity index (χ3v) is 5.23. The van der Waals surface area contributed by atoms with E-state index in [0.717, 1.165) is 41.4 Å². The summed E-state index contributed by atoms with van der Waals surface area (Å²) in [6, 6.07) is 7.98. The number of aromatic nitrogens is 2. The normalized spacial score (nSPS) is 11.1. The highest BCUT2D eigenvalue weighted by Crippen LogP contribution is 2.34. The van der Waals surface area contributed by atoms with Crippen LogP contribution in [0.25, 0.3) is 11.3 Å². The third-order valence-electron chi connectivity index (χ3n) is 4.22. The van der Waals surface area contributed by atoms with Gasteiger partial charge in [0.05, 0.1) is 26.1 Å². The molecule has 0 unspecified atom stereocenters. The second-order valence-corrected chi connectivity index (χ2v) is 7.04. The van der Waals surface area contributed by atoms with E-state index >= 15 is 0 Å². The van der Waals surface area contributed by atoms with E-state index in [4.69, 9.17) is 9.47 Å². The summed E-state index contributed by atoms with van der Waals surface area (Å²) in [5.74, 6) is 1.54. The summed E-state index contributed by atoms with van der Waals surface area (Å²) in [6.45, 7) is 3.89. The van der Waals surface area contributed by atoms with E-state index in [9.17, 15) is 0 Å². The first-order valence-electron chi connectivity index (χ1n) is 8.08. The maximum absolute atomic E-state index is 5.53. The summed E-state index contributed by atoms with van der Waals surface area (Å²) < 4.78 is 10.8. The fraction of sp³-hybridized carbons (Fsp3) is 0.316. The van der Waals surface area contributed by atoms with Gasteiger partial charge in [-0.15, -0.1) is 11.3 Å². The first-order valence-corrected chi connectivity index (χ1v) is 8.96. The largest absolute Gasteiger partial charge is 0.497 e. The maximum atomic E-state index is 5.53. The summed E-state index contributed by atoms with van der Waals surface area (Å²) in [7, 11) is 5.44. The molecule has 6 heteroatoms. The molecule has 2 heterocycles. The van der Waals surface area contributed by atoms with Crippen LogP contribution in [0.2, 0.25) is 0 Å². The van der Waals surface area contributed by atoms with Crippen molar-refractivity contribution in [2.75, 3.05) is 21.3 Å². The van der Waals surface area contributed by atoms with E-state index in [2.05, 4.69) is 40.5 Å². The lowest BCUT2D eigenvalue weighted by Crippen LogP contribution is -2.17. The average Bonchev–Trinajstić information content (AvgIpc) is 3.23. The van der Waals surface area contributed by atoms with Crippen LogP contribution in [0.1, 0.15) is 16.0 Å². The molecule has 25 heavy (non-hydrogen) atoms. The molecule has 0 aliphatic carbocycles. The smallest absolute Gasteiger partial charge is 0.131 e. The summed E-state index contributed by atoms with van der Waals surface area (Å²) in [5.41, 5.74) is 4.45. The van der Waals surface area contributed by atoms with Crippen LogP contribution in [0.5, 0.6) is 11.5 Å². The van der Waals surface area contributed by atoms with E-state index in [-0.39, 0.29) is 0 Å². The number of nitrogens with zero attached hydrogens (tertiary/aromatic N) is 2. The fourth-order valence-corrected chi connectivity index (χ4v) is 3.81. The monoisotopic (exact) mass is 357 g/mol. The molecule has 132 valence electrons. The Morgan fingerprint density at radius 1 is 1.16 bits per heavy atom. The van der Waals surface area contributed by atoms with Crippen LogP contribution in [0, 0.1) is 6.92 Å². The van der Waals surface area contributed by atoms with Crippen molar-refractivity contribution in [2.45, 2.75) is 20.0 Å². The number of nitrogens with one attached hydrogen (secondary N) is 1. The van der Waals surface area contributed by atoms with Crippen LogP contribution in [0.3, 0.4) is 0 Å². The zero-order valence-corrected chi connectivity index (χ0v) is 15.8. The molecule has 0 bridgehead atoms. The van der Waals surface area contributed by atoms with Crippen LogP contribution < -0.4 is 9.47 Å². The SMILES string of the molecule is COc1ccc(-c2[nH]ncc2CN(C)Cc2sccc2C)c(OC)c1. The predicted molar refractivity (Wildman–Crippen MR) is 101 cm³/mol. The predicted octanol–water partition coefficient (Wildman–Crippen LogP) is 4.10. The molecule has 0 saturated heterocycles. The molecule has 2 aromatic heterocycles. The van der Waals surface area contributed by atoms with Gasteiger partial charge in [0.25, 0.3) is 0 Å². The van der Waals surface area contributed by atoms with Gasteiger partial charge >= 0.3 is 0 Å². The zero-order valence-electron chi connectivity index (χ0n) is 15.0. The summed E-state index contributed by atoms with van der Waals surface area (Å²) >= 11 is 1.80. The lowest BCUT2D eigenvalue weighted by Gasteiger charge is -2.17. The fourth-order valence-electron chi connectivity index (χ4n) is 2.83. The molecule has 0 fully saturated rings. The molecule has 0 radical (unpaired) electrons. The van der Waals surface area contributed by atoms with Gasteiger partial charge in [-0.05, 0) is 43.1 Å². The number of benzene rings is 1. The minimum absolute atomic E-state index is 0.765. The number of H-pyrrole nitrogens is 1. The van der Waals surface area contributed by atoms with Gasteiger partial charge in [-0.3, -0.25) is 10.00 Å². The van der Waals surface area contributed by atoms with Crippen LogP contribution in [-0.4, -0.2) is 36.4 Å². The van der Waals surface area contributed by atoms with Crippen molar-refractivity contribution in [1.29, 1.82) is 0 Å². The summed E-state index contributed by atoms with van der Waals surface area (Å²) in [4.78, 5) is 3.69.